The molecule has 0 aliphatic carbocycles. The van der Waals surface area contributed by atoms with Gasteiger partial charge in [-0.1, -0.05) is 30.1 Å². The van der Waals surface area contributed by atoms with E-state index in [2.05, 4.69) is 0 Å². The van der Waals surface area contributed by atoms with E-state index in [1.807, 2.05) is 26.0 Å². The van der Waals surface area contributed by atoms with Gasteiger partial charge in [0.15, 0.2) is 5.75 Å². The lowest BCUT2D eigenvalue weighted by Gasteiger charge is -2.12. The Morgan fingerprint density at radius 3 is 2.31 bits per heavy atom. The first-order chi connectivity index (χ1) is 7.54. The van der Waals surface area contributed by atoms with Crippen molar-refractivity contribution in [2.24, 2.45) is 5.73 Å². The summed E-state index contributed by atoms with van der Waals surface area (Å²) in [5.74, 6) is 0.568. The van der Waals surface area contributed by atoms with Crippen molar-refractivity contribution in [3.05, 3.63) is 27.7 Å². The smallest absolute Gasteiger partial charge is 0.156 e. The Balaban J connectivity index is 2.89. The number of halogens is 2. The molecular formula is C12H17Cl2NO. The van der Waals surface area contributed by atoms with E-state index in [1.165, 1.54) is 0 Å². The maximum Gasteiger partial charge on any atom is 0.156 e. The van der Waals surface area contributed by atoms with Crippen LogP contribution in [0.15, 0.2) is 12.1 Å². The van der Waals surface area contributed by atoms with E-state index < -0.39 is 0 Å². The molecule has 0 heterocycles. The second-order valence-corrected chi connectivity index (χ2v) is 4.73. The highest BCUT2D eigenvalue weighted by atomic mass is 35.5. The Morgan fingerprint density at radius 1 is 1.31 bits per heavy atom. The highest BCUT2D eigenvalue weighted by Crippen LogP contribution is 2.34. The van der Waals surface area contributed by atoms with Gasteiger partial charge in [0.05, 0.1) is 16.7 Å². The van der Waals surface area contributed by atoms with Gasteiger partial charge >= 0.3 is 0 Å². The van der Waals surface area contributed by atoms with Crippen LogP contribution in [0, 0.1) is 0 Å². The highest BCUT2D eigenvalue weighted by molar-refractivity contribution is 6.37. The lowest BCUT2D eigenvalue weighted by molar-refractivity contribution is 0.317. The molecule has 0 radical (unpaired) electrons. The standard InChI is InChI=1S/C12H17Cl2NO/c1-3-4-16-12-10(13)6-9(5-8(2)15)7-11(12)14/h6-8H,3-5,15H2,1-2H3. The van der Waals surface area contributed by atoms with Gasteiger partial charge in [0, 0.05) is 6.04 Å². The minimum absolute atomic E-state index is 0.0922. The highest BCUT2D eigenvalue weighted by Gasteiger charge is 2.10. The molecule has 0 aliphatic heterocycles. The maximum absolute atomic E-state index is 6.10. The van der Waals surface area contributed by atoms with E-state index in [1.54, 1.807) is 0 Å². The summed E-state index contributed by atoms with van der Waals surface area (Å²) in [6.07, 6.45) is 1.68. The van der Waals surface area contributed by atoms with Crippen LogP contribution in [0.3, 0.4) is 0 Å². The van der Waals surface area contributed by atoms with Crippen LogP contribution in [0.25, 0.3) is 0 Å². The summed E-state index contributed by atoms with van der Waals surface area (Å²) < 4.78 is 5.48. The molecule has 0 fully saturated rings. The van der Waals surface area contributed by atoms with Crippen LogP contribution >= 0.6 is 23.2 Å². The zero-order valence-corrected chi connectivity index (χ0v) is 11.1. The lowest BCUT2D eigenvalue weighted by Crippen LogP contribution is -2.17. The summed E-state index contributed by atoms with van der Waals surface area (Å²) in [5.41, 5.74) is 6.76. The minimum Gasteiger partial charge on any atom is -0.490 e. The largest absolute Gasteiger partial charge is 0.490 e. The summed E-state index contributed by atoms with van der Waals surface area (Å²) in [6.45, 7) is 4.60. The Bertz CT molecular complexity index is 330. The van der Waals surface area contributed by atoms with Gasteiger partial charge in [-0.25, -0.2) is 0 Å². The van der Waals surface area contributed by atoms with E-state index in [-0.39, 0.29) is 6.04 Å². The first-order valence-corrected chi connectivity index (χ1v) is 6.16. The molecule has 0 amide bonds. The fraction of sp³-hybridized carbons (Fsp3) is 0.500. The van der Waals surface area contributed by atoms with Gasteiger partial charge in [0.2, 0.25) is 0 Å². The van der Waals surface area contributed by atoms with Crippen LogP contribution in [-0.2, 0) is 6.42 Å². The topological polar surface area (TPSA) is 35.2 Å². The molecule has 1 unspecified atom stereocenters. The molecule has 0 aromatic heterocycles. The van der Waals surface area contributed by atoms with E-state index in [0.29, 0.717) is 22.4 Å². The molecule has 0 aliphatic rings. The van der Waals surface area contributed by atoms with Gasteiger partial charge < -0.3 is 10.5 Å². The second-order valence-electron chi connectivity index (χ2n) is 3.92. The Morgan fingerprint density at radius 2 is 1.88 bits per heavy atom. The van der Waals surface area contributed by atoms with Gasteiger partial charge in [-0.2, -0.15) is 0 Å². The quantitative estimate of drug-likeness (QED) is 0.878. The predicted octanol–water partition coefficient (Wildman–Crippen LogP) is 3.67. The third kappa shape index (κ3) is 3.85. The van der Waals surface area contributed by atoms with Crippen molar-refractivity contribution >= 4 is 23.2 Å². The lowest BCUT2D eigenvalue weighted by atomic mass is 10.1. The van der Waals surface area contributed by atoms with Gasteiger partial charge in [0.25, 0.3) is 0 Å². The molecule has 90 valence electrons. The van der Waals surface area contributed by atoms with Crippen LogP contribution < -0.4 is 10.5 Å². The van der Waals surface area contributed by atoms with Crippen molar-refractivity contribution in [3.8, 4) is 5.75 Å². The number of hydrogen-bond donors (Lipinski definition) is 1. The van der Waals surface area contributed by atoms with Gasteiger partial charge in [-0.15, -0.1) is 0 Å². The third-order valence-electron chi connectivity index (χ3n) is 2.07. The van der Waals surface area contributed by atoms with Gasteiger partial charge in [0.1, 0.15) is 0 Å². The zero-order chi connectivity index (χ0) is 12.1. The van der Waals surface area contributed by atoms with Crippen molar-refractivity contribution in [2.45, 2.75) is 32.7 Å². The van der Waals surface area contributed by atoms with Crippen molar-refractivity contribution < 1.29 is 4.74 Å². The van der Waals surface area contributed by atoms with Crippen LogP contribution in [0.1, 0.15) is 25.8 Å². The molecule has 1 aromatic rings. The van der Waals surface area contributed by atoms with E-state index in [9.17, 15) is 0 Å². The molecule has 0 saturated heterocycles. The fourth-order valence-electron chi connectivity index (χ4n) is 1.44. The number of ether oxygens (including phenoxy) is 1. The average molecular weight is 262 g/mol. The molecule has 0 spiro atoms. The SMILES string of the molecule is CCCOc1c(Cl)cc(CC(C)N)cc1Cl. The van der Waals surface area contributed by atoms with Crippen molar-refractivity contribution in [1.29, 1.82) is 0 Å². The van der Waals surface area contributed by atoms with E-state index in [0.717, 1.165) is 18.4 Å². The van der Waals surface area contributed by atoms with Crippen molar-refractivity contribution in [3.63, 3.8) is 0 Å². The summed E-state index contributed by atoms with van der Waals surface area (Å²) in [7, 11) is 0. The monoisotopic (exact) mass is 261 g/mol. The number of hydrogen-bond acceptors (Lipinski definition) is 2. The van der Waals surface area contributed by atoms with Crippen LogP contribution in [0.4, 0.5) is 0 Å². The molecule has 0 bridgehead atoms. The molecule has 0 saturated carbocycles. The molecule has 1 rings (SSSR count). The Labute approximate surface area is 107 Å². The predicted molar refractivity (Wildman–Crippen MR) is 69.6 cm³/mol. The van der Waals surface area contributed by atoms with Gasteiger partial charge in [-0.05, 0) is 37.5 Å². The number of benzene rings is 1. The van der Waals surface area contributed by atoms with E-state index in [4.69, 9.17) is 33.7 Å². The Kier molecular flexibility index (Phi) is 5.39. The van der Waals surface area contributed by atoms with Gasteiger partial charge in [-0.3, -0.25) is 0 Å². The summed E-state index contributed by atoms with van der Waals surface area (Å²) >= 11 is 12.2. The molecule has 4 heteroatoms. The minimum atomic E-state index is 0.0922. The summed E-state index contributed by atoms with van der Waals surface area (Å²) in [4.78, 5) is 0. The maximum atomic E-state index is 6.10. The molecule has 2 nitrogen and oxygen atoms in total. The third-order valence-corrected chi connectivity index (χ3v) is 2.63. The van der Waals surface area contributed by atoms with E-state index >= 15 is 0 Å². The van der Waals surface area contributed by atoms with Crippen molar-refractivity contribution in [2.75, 3.05) is 6.61 Å². The van der Waals surface area contributed by atoms with Crippen LogP contribution in [0.2, 0.25) is 10.0 Å². The Hall–Kier alpha value is -0.440. The fourth-order valence-corrected chi connectivity index (χ4v) is 2.09. The normalized spacial score (nSPS) is 12.6. The summed E-state index contributed by atoms with van der Waals surface area (Å²) in [6, 6.07) is 3.82. The number of rotatable bonds is 5. The average Bonchev–Trinajstić information content (AvgIpc) is 2.15. The molecular weight excluding hydrogens is 245 g/mol. The first-order valence-electron chi connectivity index (χ1n) is 5.41. The molecule has 1 atom stereocenters. The second kappa shape index (κ2) is 6.33. The van der Waals surface area contributed by atoms with Crippen LogP contribution in [0.5, 0.6) is 5.75 Å². The zero-order valence-electron chi connectivity index (χ0n) is 9.59. The first kappa shape index (κ1) is 13.6. The van der Waals surface area contributed by atoms with Crippen molar-refractivity contribution in [1.82, 2.24) is 0 Å². The summed E-state index contributed by atoms with van der Waals surface area (Å²) in [5, 5.41) is 1.10. The molecule has 2 N–H and O–H groups in total. The number of nitrogens with two attached hydrogens (primary N) is 1. The molecule has 1 aromatic carbocycles. The van der Waals surface area contributed by atoms with Crippen LogP contribution in [-0.4, -0.2) is 12.6 Å². The molecule has 16 heavy (non-hydrogen) atoms.